The van der Waals surface area contributed by atoms with Gasteiger partial charge in [-0.1, -0.05) is 51.3 Å². The molecular weight excluding hydrogens is 675 g/mol. The summed E-state index contributed by atoms with van der Waals surface area (Å²) in [6.07, 6.45) is 1.38. The topological polar surface area (TPSA) is 145 Å². The van der Waals surface area contributed by atoms with E-state index in [1.165, 1.54) is 30.9 Å². The monoisotopic (exact) mass is 698 g/mol. The van der Waals surface area contributed by atoms with E-state index in [0.29, 0.717) is 15.7 Å². The van der Waals surface area contributed by atoms with Gasteiger partial charge in [-0.2, -0.15) is 4.31 Å². The first-order chi connectivity index (χ1) is 19.8. The second-order valence-electron chi connectivity index (χ2n) is 10.0. The zero-order valence-corrected chi connectivity index (χ0v) is 26.0. The Morgan fingerprint density at radius 3 is 2.29 bits per heavy atom. The number of amides is 3. The highest BCUT2D eigenvalue weighted by Crippen LogP contribution is 2.45. The molecule has 3 heterocycles. The quantitative estimate of drug-likeness (QED) is 0.383. The van der Waals surface area contributed by atoms with Gasteiger partial charge >= 0.3 is 12.0 Å². The highest BCUT2D eigenvalue weighted by Gasteiger charge is 2.52. The van der Waals surface area contributed by atoms with Crippen molar-refractivity contribution in [2.45, 2.75) is 23.9 Å². The first-order valence-electron chi connectivity index (χ1n) is 12.7. The number of fused-ring (bicyclic) bond motifs is 1. The number of aromatic nitrogens is 2. The maximum absolute atomic E-state index is 14.2. The van der Waals surface area contributed by atoms with Crippen molar-refractivity contribution in [1.29, 1.82) is 0 Å². The molecule has 1 saturated heterocycles. The predicted octanol–water partition coefficient (Wildman–Crippen LogP) is 3.69. The number of benzene rings is 2. The molecule has 2 aliphatic rings. The van der Waals surface area contributed by atoms with Crippen LogP contribution in [0.2, 0.25) is 10.0 Å². The molecule has 222 valence electrons. The number of carbonyl (C=O) groups is 3. The molecule has 2 aromatic carbocycles. The van der Waals surface area contributed by atoms with Gasteiger partial charge in [0.15, 0.2) is 5.03 Å². The van der Waals surface area contributed by atoms with Gasteiger partial charge in [0.1, 0.15) is 12.1 Å². The molecular formula is C26H25BrCl2N6O6S. The lowest BCUT2D eigenvalue weighted by Gasteiger charge is -2.34. The van der Waals surface area contributed by atoms with Crippen LogP contribution in [0, 0.1) is 0 Å². The van der Waals surface area contributed by atoms with Gasteiger partial charge in [-0.25, -0.2) is 23.1 Å². The van der Waals surface area contributed by atoms with Crippen molar-refractivity contribution >= 4 is 78.7 Å². The van der Waals surface area contributed by atoms with Crippen LogP contribution in [0.5, 0.6) is 0 Å². The molecule has 0 saturated carbocycles. The normalized spacial score (nSPS) is 19.2. The summed E-state index contributed by atoms with van der Waals surface area (Å²) in [7, 11) is -4.19. The van der Waals surface area contributed by atoms with Crippen LogP contribution < -0.4 is 10.2 Å². The van der Waals surface area contributed by atoms with Gasteiger partial charge in [0.25, 0.3) is 15.9 Å². The van der Waals surface area contributed by atoms with E-state index in [4.69, 9.17) is 28.3 Å². The van der Waals surface area contributed by atoms with Crippen molar-refractivity contribution in [1.82, 2.24) is 24.1 Å². The molecule has 12 nitrogen and oxygen atoms in total. The van der Waals surface area contributed by atoms with E-state index in [0.717, 1.165) is 10.0 Å². The third kappa shape index (κ3) is 5.61. The van der Waals surface area contributed by atoms with E-state index in [1.807, 2.05) is 24.3 Å². The molecule has 16 heteroatoms. The second kappa shape index (κ2) is 11.5. The Labute approximate surface area is 260 Å². The fourth-order valence-electron chi connectivity index (χ4n) is 5.14. The predicted molar refractivity (Wildman–Crippen MR) is 159 cm³/mol. The van der Waals surface area contributed by atoms with Crippen LogP contribution in [0.1, 0.15) is 12.5 Å². The van der Waals surface area contributed by atoms with Crippen LogP contribution >= 0.6 is 39.1 Å². The maximum Gasteiger partial charge on any atom is 0.323 e. The number of hydrogen-bond donors (Lipinski definition) is 2. The summed E-state index contributed by atoms with van der Waals surface area (Å²) in [4.78, 5) is 44.3. The highest BCUT2D eigenvalue weighted by molar-refractivity contribution is 9.10. The number of nitrogens with zero attached hydrogens (tertiary/aromatic N) is 5. The number of halogens is 3. The minimum Gasteiger partial charge on any atom is -0.480 e. The summed E-state index contributed by atoms with van der Waals surface area (Å²) >= 11 is 15.9. The van der Waals surface area contributed by atoms with E-state index in [2.05, 4.69) is 26.2 Å². The molecule has 2 aliphatic heterocycles. The van der Waals surface area contributed by atoms with Crippen LogP contribution in [0.25, 0.3) is 0 Å². The fourth-order valence-corrected chi connectivity index (χ4v) is 7.53. The van der Waals surface area contributed by atoms with Gasteiger partial charge in [0.2, 0.25) is 5.95 Å². The molecule has 3 amide bonds. The molecule has 0 radical (unpaired) electrons. The maximum atomic E-state index is 14.2. The molecule has 0 bridgehead atoms. The van der Waals surface area contributed by atoms with Gasteiger partial charge in [-0.05, 0) is 42.8 Å². The number of nitrogens with one attached hydrogen (secondary N) is 1. The van der Waals surface area contributed by atoms with Crippen LogP contribution in [-0.2, 0) is 31.6 Å². The molecule has 0 unspecified atom stereocenters. The molecule has 0 spiro atoms. The lowest BCUT2D eigenvalue weighted by molar-refractivity contribution is -0.135. The number of carbonyl (C=O) groups excluding carboxylic acids is 2. The number of aliphatic carboxylic acids is 1. The van der Waals surface area contributed by atoms with Crippen LogP contribution in [0.3, 0.4) is 0 Å². The molecule has 2 N–H and O–H groups in total. The van der Waals surface area contributed by atoms with Crippen molar-refractivity contribution in [3.63, 3.8) is 0 Å². The van der Waals surface area contributed by atoms with Gasteiger partial charge in [0, 0.05) is 47.1 Å². The molecule has 1 aromatic heterocycles. The number of imidazole rings is 1. The third-order valence-electron chi connectivity index (χ3n) is 7.16. The smallest absolute Gasteiger partial charge is 0.323 e. The number of carboxylic acids is 1. The molecule has 42 heavy (non-hydrogen) atoms. The number of carboxylic acid groups (broad SMARTS) is 1. The summed E-state index contributed by atoms with van der Waals surface area (Å²) in [5.41, 5.74) is -0.257. The summed E-state index contributed by atoms with van der Waals surface area (Å²) < 4.78 is 31.6. The zero-order valence-electron chi connectivity index (χ0n) is 22.1. The van der Waals surface area contributed by atoms with E-state index in [-0.39, 0.29) is 43.6 Å². The lowest BCUT2D eigenvalue weighted by Crippen LogP contribution is -2.54. The Hall–Kier alpha value is -3.17. The van der Waals surface area contributed by atoms with Gasteiger partial charge in [0.05, 0.1) is 11.9 Å². The average Bonchev–Trinajstić information content (AvgIpc) is 3.46. The Morgan fingerprint density at radius 2 is 1.69 bits per heavy atom. The third-order valence-corrected chi connectivity index (χ3v) is 9.98. The van der Waals surface area contributed by atoms with Crippen molar-refractivity contribution in [3.8, 4) is 0 Å². The largest absolute Gasteiger partial charge is 0.480 e. The standard InChI is InChI=1S/C26H25BrCl2N6O6S/c1-26(13-16-2-4-17(27)5-3-16)23(38)34(20-11-18(28)10-19(29)12-20)24-30-14-21(35(24)26)42(40,41)33-8-6-32(7-9-33)25(39)31-15-22(36)37/h2-5,10-12,14H,6-9,13,15H2,1H3,(H,31,39)(H,36,37)/t26-/m1/s1. The Bertz CT molecular complexity index is 1660. The first kappa shape index (κ1) is 30.3. The number of piperazine rings is 1. The van der Waals surface area contributed by atoms with Gasteiger partial charge in [-0.15, -0.1) is 0 Å². The molecule has 0 aliphatic carbocycles. The molecule has 1 atom stereocenters. The molecule has 3 aromatic rings. The van der Waals surface area contributed by atoms with Crippen molar-refractivity contribution in [2.24, 2.45) is 0 Å². The van der Waals surface area contributed by atoms with Crippen LogP contribution in [0.4, 0.5) is 16.4 Å². The number of sulfonamides is 1. The summed E-state index contributed by atoms with van der Waals surface area (Å²) in [6.45, 7) is 1.15. The zero-order chi connectivity index (χ0) is 30.4. The molecule has 5 rings (SSSR count). The number of anilines is 2. The minimum absolute atomic E-state index is 0.0334. The second-order valence-corrected chi connectivity index (χ2v) is 13.7. The highest BCUT2D eigenvalue weighted by atomic mass is 79.9. The number of urea groups is 1. The SMILES string of the molecule is C[C@@]1(Cc2ccc(Br)cc2)C(=O)N(c2cc(Cl)cc(Cl)c2)c2ncc(S(=O)(=O)N3CCN(C(=O)NCC(=O)O)CC3)n21. The van der Waals surface area contributed by atoms with Crippen LogP contribution in [-0.4, -0.2) is 82.9 Å². The van der Waals surface area contributed by atoms with E-state index < -0.39 is 40.0 Å². The Morgan fingerprint density at radius 1 is 1.07 bits per heavy atom. The van der Waals surface area contributed by atoms with Gasteiger partial charge < -0.3 is 15.3 Å². The minimum atomic E-state index is -4.19. The van der Waals surface area contributed by atoms with Crippen molar-refractivity contribution in [2.75, 3.05) is 37.6 Å². The number of hydrogen-bond acceptors (Lipinski definition) is 6. The summed E-state index contributed by atoms with van der Waals surface area (Å²) in [6, 6.07) is 11.4. The van der Waals surface area contributed by atoms with E-state index in [1.54, 1.807) is 19.1 Å². The van der Waals surface area contributed by atoms with Gasteiger partial charge in [-0.3, -0.25) is 14.2 Å². The fraction of sp³-hybridized carbons (Fsp3) is 0.308. The van der Waals surface area contributed by atoms with Crippen LogP contribution in [0.15, 0.2) is 58.2 Å². The lowest BCUT2D eigenvalue weighted by atomic mass is 9.92. The van der Waals surface area contributed by atoms with E-state index >= 15 is 0 Å². The van der Waals surface area contributed by atoms with Crippen molar-refractivity contribution in [3.05, 3.63) is 68.7 Å². The summed E-state index contributed by atoms with van der Waals surface area (Å²) in [5, 5.41) is 11.5. The number of rotatable bonds is 7. The first-order valence-corrected chi connectivity index (χ1v) is 15.7. The Kier molecular flexibility index (Phi) is 8.29. The van der Waals surface area contributed by atoms with Crippen molar-refractivity contribution < 1.29 is 27.9 Å². The Balaban J connectivity index is 1.52. The summed E-state index contributed by atoms with van der Waals surface area (Å²) in [5.74, 6) is -1.50. The van der Waals surface area contributed by atoms with E-state index in [9.17, 15) is 22.8 Å². The average molecular weight is 700 g/mol. The molecule has 1 fully saturated rings.